The number of ketones is 1. The van der Waals surface area contributed by atoms with Crippen LogP contribution in [0.1, 0.15) is 50.4 Å². The Hall–Kier alpha value is -2.27. The van der Waals surface area contributed by atoms with E-state index in [4.69, 9.17) is 4.74 Å². The van der Waals surface area contributed by atoms with E-state index in [1.54, 1.807) is 12.4 Å². The predicted molar refractivity (Wildman–Crippen MR) is 110 cm³/mol. The lowest BCUT2D eigenvalue weighted by Gasteiger charge is -2.31. The monoisotopic (exact) mass is 381 g/mol. The quantitative estimate of drug-likeness (QED) is 0.757. The van der Waals surface area contributed by atoms with Crippen molar-refractivity contribution in [3.8, 4) is 5.88 Å². The highest BCUT2D eigenvalue weighted by Gasteiger charge is 2.26. The summed E-state index contributed by atoms with van der Waals surface area (Å²) in [6, 6.07) is 8.25. The number of hydrogen-bond acceptors (Lipinski definition) is 5. The summed E-state index contributed by atoms with van der Waals surface area (Å²) in [6.07, 6.45) is 5.73. The van der Waals surface area contributed by atoms with Crippen molar-refractivity contribution in [2.24, 2.45) is 5.92 Å². The van der Waals surface area contributed by atoms with Gasteiger partial charge in [-0.05, 0) is 59.2 Å². The number of piperidine rings is 1. The van der Waals surface area contributed by atoms with Crippen molar-refractivity contribution >= 4 is 5.78 Å². The smallest absolute Gasteiger partial charge is 0.237 e. The fourth-order valence-corrected chi connectivity index (χ4v) is 3.63. The summed E-state index contributed by atoms with van der Waals surface area (Å²) in [7, 11) is 0. The molecule has 1 fully saturated rings. The molecule has 1 aliphatic rings. The standard InChI is InChI=1S/C23H31N3O2/c1-17-6-5-7-18(14-17)15-21(27)19-8-12-26(13-9-19)16-20-22(25-11-10-24-20)28-23(2,3)4/h5-7,10-11,14,19H,8-9,12-13,15-16H2,1-4H3. The number of hydrogen-bond donors (Lipinski definition) is 0. The minimum absolute atomic E-state index is 0.156. The van der Waals surface area contributed by atoms with E-state index < -0.39 is 0 Å². The fourth-order valence-electron chi connectivity index (χ4n) is 3.63. The van der Waals surface area contributed by atoms with Gasteiger partial charge in [0.25, 0.3) is 0 Å². The van der Waals surface area contributed by atoms with E-state index in [1.165, 1.54) is 5.56 Å². The molecule has 150 valence electrons. The molecule has 0 atom stereocenters. The van der Waals surface area contributed by atoms with Crippen LogP contribution in [0.4, 0.5) is 0 Å². The maximum atomic E-state index is 12.7. The number of rotatable bonds is 6. The van der Waals surface area contributed by atoms with Gasteiger partial charge in [-0.3, -0.25) is 14.7 Å². The molecule has 0 amide bonds. The molecule has 0 unspecified atom stereocenters. The third-order valence-electron chi connectivity index (χ3n) is 5.02. The maximum Gasteiger partial charge on any atom is 0.237 e. The number of carbonyl (C=O) groups excluding carboxylic acids is 1. The first-order valence-corrected chi connectivity index (χ1v) is 10.1. The van der Waals surface area contributed by atoms with Crippen LogP contribution in [0.5, 0.6) is 5.88 Å². The van der Waals surface area contributed by atoms with Gasteiger partial charge in [0.05, 0.1) is 0 Å². The second-order valence-electron chi connectivity index (χ2n) is 8.71. The maximum absolute atomic E-state index is 12.7. The minimum Gasteiger partial charge on any atom is -0.471 e. The van der Waals surface area contributed by atoms with Crippen molar-refractivity contribution in [1.82, 2.24) is 14.9 Å². The molecule has 5 heteroatoms. The number of aryl methyl sites for hydroxylation is 1. The Bertz CT molecular complexity index is 805. The largest absolute Gasteiger partial charge is 0.471 e. The SMILES string of the molecule is Cc1cccc(CC(=O)C2CCN(Cc3nccnc3OC(C)(C)C)CC2)c1. The summed E-state index contributed by atoms with van der Waals surface area (Å²) < 4.78 is 5.96. The average Bonchev–Trinajstić information content (AvgIpc) is 2.63. The van der Waals surface area contributed by atoms with E-state index in [0.29, 0.717) is 24.6 Å². The lowest BCUT2D eigenvalue weighted by molar-refractivity contribution is -0.123. The van der Waals surface area contributed by atoms with Crippen molar-refractivity contribution in [1.29, 1.82) is 0 Å². The zero-order valence-electron chi connectivity index (χ0n) is 17.4. The van der Waals surface area contributed by atoms with Crippen LogP contribution in [-0.4, -0.2) is 39.3 Å². The average molecular weight is 382 g/mol. The Morgan fingerprint density at radius 3 is 2.57 bits per heavy atom. The van der Waals surface area contributed by atoms with Crippen molar-refractivity contribution in [2.45, 2.75) is 59.1 Å². The number of likely N-dealkylation sites (tertiary alicyclic amines) is 1. The zero-order chi connectivity index (χ0) is 20.1. The van der Waals surface area contributed by atoms with Gasteiger partial charge < -0.3 is 4.74 Å². The Balaban J connectivity index is 1.54. The summed E-state index contributed by atoms with van der Waals surface area (Å²) in [5.74, 6) is 1.12. The van der Waals surface area contributed by atoms with Gasteiger partial charge in [0, 0.05) is 31.3 Å². The molecule has 1 aromatic carbocycles. The van der Waals surface area contributed by atoms with Crippen molar-refractivity contribution < 1.29 is 9.53 Å². The van der Waals surface area contributed by atoms with E-state index >= 15 is 0 Å². The summed E-state index contributed by atoms with van der Waals surface area (Å²) in [5.41, 5.74) is 2.88. The molecule has 5 nitrogen and oxygen atoms in total. The second-order valence-corrected chi connectivity index (χ2v) is 8.71. The lowest BCUT2D eigenvalue weighted by Crippen LogP contribution is -2.37. The van der Waals surface area contributed by atoms with E-state index in [1.807, 2.05) is 32.9 Å². The van der Waals surface area contributed by atoms with Crippen LogP contribution in [0.15, 0.2) is 36.7 Å². The van der Waals surface area contributed by atoms with E-state index in [0.717, 1.165) is 37.2 Å². The third kappa shape index (κ3) is 5.86. The highest BCUT2D eigenvalue weighted by molar-refractivity contribution is 5.83. The van der Waals surface area contributed by atoms with Crippen LogP contribution in [0.3, 0.4) is 0 Å². The third-order valence-corrected chi connectivity index (χ3v) is 5.02. The Morgan fingerprint density at radius 1 is 1.18 bits per heavy atom. The van der Waals surface area contributed by atoms with Gasteiger partial charge in [-0.1, -0.05) is 29.8 Å². The number of benzene rings is 1. The Labute approximate surface area is 168 Å². The Kier molecular flexibility index (Phi) is 6.45. The Morgan fingerprint density at radius 2 is 1.89 bits per heavy atom. The molecular weight excluding hydrogens is 350 g/mol. The normalized spacial score (nSPS) is 16.1. The first-order valence-electron chi connectivity index (χ1n) is 10.1. The van der Waals surface area contributed by atoms with Gasteiger partial charge >= 0.3 is 0 Å². The molecule has 0 bridgehead atoms. The highest BCUT2D eigenvalue weighted by atomic mass is 16.5. The van der Waals surface area contributed by atoms with Gasteiger partial charge in [0.15, 0.2) is 0 Å². The van der Waals surface area contributed by atoms with Crippen LogP contribution >= 0.6 is 0 Å². The minimum atomic E-state index is -0.306. The van der Waals surface area contributed by atoms with E-state index in [9.17, 15) is 4.79 Å². The molecule has 1 aromatic heterocycles. The summed E-state index contributed by atoms with van der Waals surface area (Å²) in [5, 5.41) is 0. The van der Waals surface area contributed by atoms with Gasteiger partial charge in [-0.2, -0.15) is 0 Å². The molecular formula is C23H31N3O2. The van der Waals surface area contributed by atoms with E-state index in [-0.39, 0.29) is 11.5 Å². The molecule has 1 saturated heterocycles. The molecule has 0 saturated carbocycles. The van der Waals surface area contributed by atoms with Crippen LogP contribution in [0.2, 0.25) is 0 Å². The number of carbonyl (C=O) groups is 1. The predicted octanol–water partition coefficient (Wildman–Crippen LogP) is 3.99. The van der Waals surface area contributed by atoms with Gasteiger partial charge in [-0.15, -0.1) is 0 Å². The van der Waals surface area contributed by atoms with Crippen LogP contribution in [0.25, 0.3) is 0 Å². The second kappa shape index (κ2) is 8.82. The molecule has 0 N–H and O–H groups in total. The summed E-state index contributed by atoms with van der Waals surface area (Å²) >= 11 is 0. The lowest BCUT2D eigenvalue weighted by atomic mass is 9.89. The molecule has 0 radical (unpaired) electrons. The van der Waals surface area contributed by atoms with Gasteiger partial charge in [0.1, 0.15) is 17.1 Å². The number of nitrogens with zero attached hydrogens (tertiary/aromatic N) is 3. The van der Waals surface area contributed by atoms with Crippen molar-refractivity contribution in [3.63, 3.8) is 0 Å². The zero-order valence-corrected chi connectivity index (χ0v) is 17.4. The molecule has 3 rings (SSSR count). The molecule has 2 heterocycles. The molecule has 0 aliphatic carbocycles. The fraction of sp³-hybridized carbons (Fsp3) is 0.522. The molecule has 1 aliphatic heterocycles. The summed E-state index contributed by atoms with van der Waals surface area (Å²) in [6.45, 7) is 10.6. The summed E-state index contributed by atoms with van der Waals surface area (Å²) in [4.78, 5) is 23.9. The highest BCUT2D eigenvalue weighted by Crippen LogP contribution is 2.24. The first-order chi connectivity index (χ1) is 13.3. The topological polar surface area (TPSA) is 55.3 Å². The van der Waals surface area contributed by atoms with Gasteiger partial charge in [0.2, 0.25) is 5.88 Å². The first kappa shape index (κ1) is 20.5. The van der Waals surface area contributed by atoms with Crippen molar-refractivity contribution in [2.75, 3.05) is 13.1 Å². The molecule has 0 spiro atoms. The van der Waals surface area contributed by atoms with E-state index in [2.05, 4.69) is 33.9 Å². The molecule has 28 heavy (non-hydrogen) atoms. The van der Waals surface area contributed by atoms with Crippen LogP contribution in [0, 0.1) is 12.8 Å². The number of aromatic nitrogens is 2. The number of ether oxygens (including phenoxy) is 1. The van der Waals surface area contributed by atoms with Crippen LogP contribution < -0.4 is 4.74 Å². The van der Waals surface area contributed by atoms with Crippen molar-refractivity contribution in [3.05, 3.63) is 53.5 Å². The molecule has 2 aromatic rings. The number of Topliss-reactive ketones (excluding diaryl/α,β-unsaturated/α-hetero) is 1. The van der Waals surface area contributed by atoms with Crippen LogP contribution in [-0.2, 0) is 17.8 Å². The van der Waals surface area contributed by atoms with Gasteiger partial charge in [-0.25, -0.2) is 4.98 Å².